The van der Waals surface area contributed by atoms with E-state index in [1.807, 2.05) is 0 Å². The van der Waals surface area contributed by atoms with Crippen LogP contribution in [0.5, 0.6) is 0 Å². The second kappa shape index (κ2) is 6.18. The zero-order valence-corrected chi connectivity index (χ0v) is 10.1. The first-order valence-corrected chi connectivity index (χ1v) is 6.14. The summed E-state index contributed by atoms with van der Waals surface area (Å²) in [4.78, 5) is 16.0. The Hall–Kier alpha value is -1.86. The van der Waals surface area contributed by atoms with Gasteiger partial charge in [0.1, 0.15) is 12.3 Å². The predicted molar refractivity (Wildman–Crippen MR) is 67.9 cm³/mol. The fraction of sp³-hybridized carbons (Fsp3) is 0.429. The van der Waals surface area contributed by atoms with Gasteiger partial charge >= 0.3 is 0 Å². The summed E-state index contributed by atoms with van der Waals surface area (Å²) >= 11 is 0. The third-order valence-electron chi connectivity index (χ3n) is 2.86. The van der Waals surface area contributed by atoms with Crippen LogP contribution in [-0.2, 0) is 0 Å². The summed E-state index contributed by atoms with van der Waals surface area (Å²) in [6.45, 7) is 0.463. The van der Waals surface area contributed by atoms with Crippen molar-refractivity contribution >= 4 is 5.91 Å². The molecule has 1 aliphatic carbocycles. The average Bonchev–Trinajstić information content (AvgIpc) is 3.20. The standard InChI is InChI=1S/C14H16N2O2/c17-10-2-4-12-3-1-8-15-13(12)14(18)16-9-7-11-5-6-11/h1,3,8,11,17H,5-7,9-10H2,(H,16,18). The van der Waals surface area contributed by atoms with Crippen molar-refractivity contribution in [1.29, 1.82) is 0 Å². The maximum Gasteiger partial charge on any atom is 0.271 e. The van der Waals surface area contributed by atoms with Crippen LogP contribution in [0.15, 0.2) is 18.3 Å². The second-order valence-electron chi connectivity index (χ2n) is 4.35. The van der Waals surface area contributed by atoms with Crippen LogP contribution in [0.1, 0.15) is 35.3 Å². The van der Waals surface area contributed by atoms with E-state index in [2.05, 4.69) is 22.1 Å². The third kappa shape index (κ3) is 3.57. The summed E-state index contributed by atoms with van der Waals surface area (Å²) in [6.07, 6.45) is 5.18. The lowest BCUT2D eigenvalue weighted by Crippen LogP contribution is -2.26. The number of aliphatic hydroxyl groups excluding tert-OH is 1. The topological polar surface area (TPSA) is 62.2 Å². The molecule has 1 heterocycles. The zero-order chi connectivity index (χ0) is 12.8. The van der Waals surface area contributed by atoms with Gasteiger partial charge in [0.2, 0.25) is 0 Å². The van der Waals surface area contributed by atoms with Gasteiger partial charge in [0, 0.05) is 12.7 Å². The number of nitrogens with one attached hydrogen (secondary N) is 1. The van der Waals surface area contributed by atoms with E-state index in [1.54, 1.807) is 18.3 Å². The lowest BCUT2D eigenvalue weighted by atomic mass is 10.2. The number of hydrogen-bond acceptors (Lipinski definition) is 3. The first-order valence-electron chi connectivity index (χ1n) is 6.14. The molecule has 94 valence electrons. The van der Waals surface area contributed by atoms with Crippen LogP contribution in [0.25, 0.3) is 0 Å². The van der Waals surface area contributed by atoms with E-state index in [1.165, 1.54) is 12.8 Å². The van der Waals surface area contributed by atoms with Crippen molar-refractivity contribution in [3.05, 3.63) is 29.6 Å². The maximum absolute atomic E-state index is 11.9. The molecule has 2 rings (SSSR count). The lowest BCUT2D eigenvalue weighted by Gasteiger charge is -2.05. The van der Waals surface area contributed by atoms with Gasteiger partial charge in [-0.2, -0.15) is 0 Å². The van der Waals surface area contributed by atoms with Gasteiger partial charge in [0.05, 0.1) is 5.56 Å². The Kier molecular flexibility index (Phi) is 4.32. The van der Waals surface area contributed by atoms with Crippen molar-refractivity contribution in [1.82, 2.24) is 10.3 Å². The second-order valence-corrected chi connectivity index (χ2v) is 4.35. The van der Waals surface area contributed by atoms with Crippen molar-refractivity contribution in [3.8, 4) is 11.8 Å². The molecule has 4 heteroatoms. The number of amides is 1. The maximum atomic E-state index is 11.9. The third-order valence-corrected chi connectivity index (χ3v) is 2.86. The Morgan fingerprint density at radius 2 is 2.39 bits per heavy atom. The van der Waals surface area contributed by atoms with E-state index in [4.69, 9.17) is 5.11 Å². The van der Waals surface area contributed by atoms with E-state index in [9.17, 15) is 4.79 Å². The highest BCUT2D eigenvalue weighted by molar-refractivity contribution is 5.94. The molecule has 18 heavy (non-hydrogen) atoms. The van der Waals surface area contributed by atoms with Gasteiger partial charge in [-0.25, -0.2) is 4.98 Å². The Balaban J connectivity index is 1.98. The Morgan fingerprint density at radius 1 is 1.56 bits per heavy atom. The Bertz CT molecular complexity index is 484. The van der Waals surface area contributed by atoms with Crippen molar-refractivity contribution in [2.45, 2.75) is 19.3 Å². The molecule has 0 unspecified atom stereocenters. The minimum absolute atomic E-state index is 0.196. The van der Waals surface area contributed by atoms with Crippen LogP contribution >= 0.6 is 0 Å². The lowest BCUT2D eigenvalue weighted by molar-refractivity contribution is 0.0947. The number of carbonyl (C=O) groups is 1. The molecule has 4 nitrogen and oxygen atoms in total. The molecule has 2 N–H and O–H groups in total. The van der Waals surface area contributed by atoms with Crippen LogP contribution in [0, 0.1) is 17.8 Å². The van der Waals surface area contributed by atoms with Gasteiger partial charge in [0.25, 0.3) is 5.91 Å². The van der Waals surface area contributed by atoms with Crippen LogP contribution in [0.4, 0.5) is 0 Å². The Morgan fingerprint density at radius 3 is 3.11 bits per heavy atom. The fourth-order valence-electron chi connectivity index (χ4n) is 1.70. The average molecular weight is 244 g/mol. The highest BCUT2D eigenvalue weighted by Gasteiger charge is 2.21. The number of nitrogens with zero attached hydrogens (tertiary/aromatic N) is 1. The molecule has 0 bridgehead atoms. The summed E-state index contributed by atoms with van der Waals surface area (Å²) < 4.78 is 0. The zero-order valence-electron chi connectivity index (χ0n) is 10.1. The SMILES string of the molecule is O=C(NCCC1CC1)c1ncccc1C#CCO. The number of carbonyl (C=O) groups excluding carboxylic acids is 1. The van der Waals surface area contributed by atoms with Gasteiger partial charge in [0.15, 0.2) is 0 Å². The summed E-state index contributed by atoms with van der Waals surface area (Å²) in [6, 6.07) is 3.45. The van der Waals surface area contributed by atoms with Crippen molar-refractivity contribution < 1.29 is 9.90 Å². The first kappa shape index (κ1) is 12.6. The summed E-state index contributed by atoms with van der Waals surface area (Å²) in [5, 5.41) is 11.5. The van der Waals surface area contributed by atoms with Gasteiger partial charge < -0.3 is 10.4 Å². The number of aliphatic hydroxyl groups is 1. The molecular formula is C14H16N2O2. The fourth-order valence-corrected chi connectivity index (χ4v) is 1.70. The smallest absolute Gasteiger partial charge is 0.271 e. The van der Waals surface area contributed by atoms with Gasteiger partial charge in [-0.05, 0) is 24.5 Å². The van der Waals surface area contributed by atoms with E-state index in [-0.39, 0.29) is 12.5 Å². The largest absolute Gasteiger partial charge is 0.384 e. The molecule has 0 spiro atoms. The van der Waals surface area contributed by atoms with Gasteiger partial charge in [-0.1, -0.05) is 24.7 Å². The minimum atomic E-state index is -0.225. The monoisotopic (exact) mass is 244 g/mol. The molecule has 0 saturated heterocycles. The summed E-state index contributed by atoms with van der Waals surface area (Å²) in [5.74, 6) is 5.86. The van der Waals surface area contributed by atoms with Crippen molar-refractivity contribution in [3.63, 3.8) is 0 Å². The molecule has 1 aromatic rings. The molecular weight excluding hydrogens is 228 g/mol. The summed E-state index contributed by atoms with van der Waals surface area (Å²) in [5.41, 5.74) is 0.879. The molecule has 1 fully saturated rings. The van der Waals surface area contributed by atoms with E-state index in [0.717, 1.165) is 12.3 Å². The highest BCUT2D eigenvalue weighted by Crippen LogP contribution is 2.31. The minimum Gasteiger partial charge on any atom is -0.384 e. The van der Waals surface area contributed by atoms with Crippen LogP contribution < -0.4 is 5.32 Å². The summed E-state index contributed by atoms with van der Waals surface area (Å²) in [7, 11) is 0. The van der Waals surface area contributed by atoms with Crippen LogP contribution in [-0.4, -0.2) is 29.1 Å². The van der Waals surface area contributed by atoms with Gasteiger partial charge in [-0.3, -0.25) is 4.79 Å². The van der Waals surface area contributed by atoms with Gasteiger partial charge in [-0.15, -0.1) is 0 Å². The molecule has 1 aromatic heterocycles. The quantitative estimate of drug-likeness (QED) is 0.775. The van der Waals surface area contributed by atoms with E-state index in [0.29, 0.717) is 17.8 Å². The number of hydrogen-bond donors (Lipinski definition) is 2. The molecule has 0 aliphatic heterocycles. The molecule has 0 radical (unpaired) electrons. The number of aromatic nitrogens is 1. The molecule has 0 atom stereocenters. The van der Waals surface area contributed by atoms with Crippen LogP contribution in [0.2, 0.25) is 0 Å². The van der Waals surface area contributed by atoms with E-state index >= 15 is 0 Å². The number of rotatable bonds is 4. The molecule has 1 saturated carbocycles. The normalized spacial score (nSPS) is 13.6. The van der Waals surface area contributed by atoms with Crippen molar-refractivity contribution in [2.24, 2.45) is 5.92 Å². The first-order chi connectivity index (χ1) is 8.81. The number of pyridine rings is 1. The highest BCUT2D eigenvalue weighted by atomic mass is 16.2. The molecule has 1 aliphatic rings. The van der Waals surface area contributed by atoms with E-state index < -0.39 is 0 Å². The predicted octanol–water partition coefficient (Wildman–Crippen LogP) is 0.955. The Labute approximate surface area is 106 Å². The van der Waals surface area contributed by atoms with Crippen LogP contribution in [0.3, 0.4) is 0 Å². The van der Waals surface area contributed by atoms with Crippen molar-refractivity contribution in [2.75, 3.05) is 13.2 Å². The molecule has 1 amide bonds. The molecule has 0 aromatic carbocycles.